The molecule has 0 fully saturated rings. The maximum atomic E-state index is 12.1. The minimum absolute atomic E-state index is 0.000728. The molecular weight excluding hydrogens is 376 g/mol. The standard InChI is InChI=1S/C25H36N2OS/c1-2-3-4-5-6-7-8-9-10-11-12-17-24(28)27-25(29)26-23-19-18-21-15-13-14-16-22(21)20-23/h13-16,18-20H,2-12,17H2,1H3,(H2,26,27,28,29). The number of anilines is 1. The molecule has 2 aromatic rings. The molecular formula is C25H36N2OS. The van der Waals surface area contributed by atoms with Gasteiger partial charge in [-0.3, -0.25) is 4.79 Å². The SMILES string of the molecule is CCCCCCCCCCCCCC(=O)NC(=S)Nc1ccc2ccccc2c1. The summed E-state index contributed by atoms with van der Waals surface area (Å²) in [6.07, 6.45) is 14.7. The van der Waals surface area contributed by atoms with Gasteiger partial charge in [0.1, 0.15) is 0 Å². The minimum atomic E-state index is -0.000728. The Bertz CT molecular complexity index is 759. The Labute approximate surface area is 181 Å². The van der Waals surface area contributed by atoms with Crippen molar-refractivity contribution >= 4 is 39.7 Å². The van der Waals surface area contributed by atoms with Gasteiger partial charge in [-0.1, -0.05) is 101 Å². The van der Waals surface area contributed by atoms with Gasteiger partial charge in [0.15, 0.2) is 5.11 Å². The maximum absolute atomic E-state index is 12.1. The predicted molar refractivity (Wildman–Crippen MR) is 129 cm³/mol. The van der Waals surface area contributed by atoms with Crippen molar-refractivity contribution in [3.05, 3.63) is 42.5 Å². The summed E-state index contributed by atoms with van der Waals surface area (Å²) in [4.78, 5) is 12.1. The summed E-state index contributed by atoms with van der Waals surface area (Å²) in [7, 11) is 0. The smallest absolute Gasteiger partial charge is 0.226 e. The molecule has 0 radical (unpaired) electrons. The fraction of sp³-hybridized carbons (Fsp3) is 0.520. The van der Waals surface area contributed by atoms with E-state index in [9.17, 15) is 4.79 Å². The number of rotatable bonds is 13. The van der Waals surface area contributed by atoms with Crippen molar-refractivity contribution in [2.24, 2.45) is 0 Å². The molecule has 0 aliphatic carbocycles. The summed E-state index contributed by atoms with van der Waals surface area (Å²) < 4.78 is 0. The van der Waals surface area contributed by atoms with E-state index < -0.39 is 0 Å². The van der Waals surface area contributed by atoms with Crippen molar-refractivity contribution in [1.82, 2.24) is 5.32 Å². The van der Waals surface area contributed by atoms with E-state index in [1.54, 1.807) is 0 Å². The number of amides is 1. The lowest BCUT2D eigenvalue weighted by Crippen LogP contribution is -2.33. The van der Waals surface area contributed by atoms with Gasteiger partial charge in [-0.25, -0.2) is 0 Å². The molecule has 0 atom stereocenters. The Hall–Kier alpha value is -1.94. The average Bonchev–Trinajstić information content (AvgIpc) is 2.71. The minimum Gasteiger partial charge on any atom is -0.332 e. The van der Waals surface area contributed by atoms with Gasteiger partial charge in [-0.15, -0.1) is 0 Å². The van der Waals surface area contributed by atoms with Crippen LogP contribution in [0.3, 0.4) is 0 Å². The quantitative estimate of drug-likeness (QED) is 0.267. The summed E-state index contributed by atoms with van der Waals surface area (Å²) in [6.45, 7) is 2.26. The average molecular weight is 413 g/mol. The third-order valence-corrected chi connectivity index (χ3v) is 5.47. The first kappa shape index (κ1) is 23.3. The number of carbonyl (C=O) groups is 1. The lowest BCUT2D eigenvalue weighted by atomic mass is 10.1. The summed E-state index contributed by atoms with van der Waals surface area (Å²) in [5, 5.41) is 8.60. The van der Waals surface area contributed by atoms with Gasteiger partial charge in [0.2, 0.25) is 5.91 Å². The van der Waals surface area contributed by atoms with Crippen LogP contribution < -0.4 is 10.6 Å². The number of benzene rings is 2. The number of fused-ring (bicyclic) bond motifs is 1. The number of hydrogen-bond acceptors (Lipinski definition) is 2. The van der Waals surface area contributed by atoms with Crippen LogP contribution in [0.2, 0.25) is 0 Å². The van der Waals surface area contributed by atoms with E-state index in [1.807, 2.05) is 30.3 Å². The largest absolute Gasteiger partial charge is 0.332 e. The van der Waals surface area contributed by atoms with Crippen LogP contribution in [0, 0.1) is 0 Å². The molecule has 0 bridgehead atoms. The summed E-state index contributed by atoms with van der Waals surface area (Å²) in [5.74, 6) is -0.000728. The molecule has 29 heavy (non-hydrogen) atoms. The van der Waals surface area contributed by atoms with E-state index in [4.69, 9.17) is 12.2 Å². The first-order chi connectivity index (χ1) is 14.2. The zero-order chi connectivity index (χ0) is 20.7. The van der Waals surface area contributed by atoms with Gasteiger partial charge in [0.25, 0.3) is 0 Å². The van der Waals surface area contributed by atoms with Crippen LogP contribution in [0.1, 0.15) is 84.0 Å². The molecule has 0 spiro atoms. The summed E-state index contributed by atoms with van der Waals surface area (Å²) in [6, 6.07) is 14.2. The molecule has 0 aromatic heterocycles. The van der Waals surface area contributed by atoms with Gasteiger partial charge in [0, 0.05) is 12.1 Å². The molecule has 3 nitrogen and oxygen atoms in total. The van der Waals surface area contributed by atoms with Crippen molar-refractivity contribution < 1.29 is 4.79 Å². The second-order valence-electron chi connectivity index (χ2n) is 7.85. The number of unbranched alkanes of at least 4 members (excludes halogenated alkanes) is 10. The fourth-order valence-corrected chi connectivity index (χ4v) is 3.80. The zero-order valence-corrected chi connectivity index (χ0v) is 18.7. The number of hydrogen-bond donors (Lipinski definition) is 2. The molecule has 0 aliphatic rings. The molecule has 2 rings (SSSR count). The van der Waals surface area contributed by atoms with Crippen LogP contribution in [-0.2, 0) is 4.79 Å². The molecule has 4 heteroatoms. The van der Waals surface area contributed by atoms with Gasteiger partial charge in [0.05, 0.1) is 0 Å². The van der Waals surface area contributed by atoms with Gasteiger partial charge in [-0.05, 0) is 41.5 Å². The molecule has 0 unspecified atom stereocenters. The van der Waals surface area contributed by atoms with Crippen LogP contribution >= 0.6 is 12.2 Å². The first-order valence-corrected chi connectivity index (χ1v) is 11.7. The van der Waals surface area contributed by atoms with Crippen molar-refractivity contribution in [2.45, 2.75) is 84.0 Å². The summed E-state index contributed by atoms with van der Waals surface area (Å²) >= 11 is 5.28. The Morgan fingerprint density at radius 3 is 2.03 bits per heavy atom. The fourth-order valence-electron chi connectivity index (χ4n) is 3.57. The van der Waals surface area contributed by atoms with E-state index in [1.165, 1.54) is 63.2 Å². The second-order valence-corrected chi connectivity index (χ2v) is 8.26. The molecule has 2 aromatic carbocycles. The third-order valence-electron chi connectivity index (χ3n) is 5.27. The van der Waals surface area contributed by atoms with Crippen molar-refractivity contribution in [1.29, 1.82) is 0 Å². The van der Waals surface area contributed by atoms with Crippen LogP contribution in [0.15, 0.2) is 42.5 Å². The molecule has 158 valence electrons. The van der Waals surface area contributed by atoms with E-state index in [0.29, 0.717) is 11.5 Å². The zero-order valence-electron chi connectivity index (χ0n) is 17.8. The first-order valence-electron chi connectivity index (χ1n) is 11.3. The highest BCUT2D eigenvalue weighted by Crippen LogP contribution is 2.18. The Balaban J connectivity index is 1.52. The summed E-state index contributed by atoms with van der Waals surface area (Å²) in [5.41, 5.74) is 0.892. The van der Waals surface area contributed by atoms with E-state index in [2.05, 4.69) is 29.7 Å². The van der Waals surface area contributed by atoms with Crippen LogP contribution in [0.5, 0.6) is 0 Å². The molecule has 0 saturated carbocycles. The van der Waals surface area contributed by atoms with E-state index >= 15 is 0 Å². The van der Waals surface area contributed by atoms with Crippen LogP contribution in [0.25, 0.3) is 10.8 Å². The van der Waals surface area contributed by atoms with Crippen molar-refractivity contribution in [2.75, 3.05) is 5.32 Å². The van der Waals surface area contributed by atoms with Crippen LogP contribution in [-0.4, -0.2) is 11.0 Å². The Morgan fingerprint density at radius 1 is 0.793 bits per heavy atom. The molecule has 0 heterocycles. The van der Waals surface area contributed by atoms with Gasteiger partial charge in [-0.2, -0.15) is 0 Å². The van der Waals surface area contributed by atoms with Crippen molar-refractivity contribution in [3.8, 4) is 0 Å². The molecule has 0 aliphatic heterocycles. The predicted octanol–water partition coefficient (Wildman–Crippen LogP) is 7.35. The molecule has 1 amide bonds. The van der Waals surface area contributed by atoms with Crippen molar-refractivity contribution in [3.63, 3.8) is 0 Å². The number of nitrogens with one attached hydrogen (secondary N) is 2. The maximum Gasteiger partial charge on any atom is 0.226 e. The Kier molecular flexibility index (Phi) is 11.4. The highest BCUT2D eigenvalue weighted by atomic mass is 32.1. The second kappa shape index (κ2) is 14.1. The van der Waals surface area contributed by atoms with Crippen LogP contribution in [0.4, 0.5) is 5.69 Å². The Morgan fingerprint density at radius 2 is 1.38 bits per heavy atom. The van der Waals surface area contributed by atoms with Gasteiger partial charge >= 0.3 is 0 Å². The molecule has 2 N–H and O–H groups in total. The third kappa shape index (κ3) is 9.89. The number of thiocarbonyl (C=S) groups is 1. The molecule has 0 saturated heterocycles. The van der Waals surface area contributed by atoms with Gasteiger partial charge < -0.3 is 10.6 Å². The number of carbonyl (C=O) groups excluding carboxylic acids is 1. The monoisotopic (exact) mass is 412 g/mol. The lowest BCUT2D eigenvalue weighted by Gasteiger charge is -2.10. The van der Waals surface area contributed by atoms with E-state index in [-0.39, 0.29) is 5.91 Å². The van der Waals surface area contributed by atoms with E-state index in [0.717, 1.165) is 23.9 Å². The highest BCUT2D eigenvalue weighted by molar-refractivity contribution is 7.80. The normalized spacial score (nSPS) is 10.8. The topological polar surface area (TPSA) is 41.1 Å². The lowest BCUT2D eigenvalue weighted by molar-refractivity contribution is -0.119. The highest BCUT2D eigenvalue weighted by Gasteiger charge is 2.05.